The number of alkyl halides is 1. The number of benzene rings is 4. The van der Waals surface area contributed by atoms with E-state index in [4.69, 9.17) is 0 Å². The predicted octanol–water partition coefficient (Wildman–Crippen LogP) is 10.5. The Labute approximate surface area is 259 Å². The maximum atomic E-state index is 3.72. The van der Waals surface area contributed by atoms with Crippen LogP contribution in [0.2, 0.25) is 0 Å². The first-order chi connectivity index (χ1) is 19.8. The molecule has 0 saturated carbocycles. The highest BCUT2D eigenvalue weighted by Crippen LogP contribution is 2.47. The normalized spacial score (nSPS) is 15.1. The fourth-order valence-electron chi connectivity index (χ4n) is 5.98. The minimum absolute atomic E-state index is 0.322. The second-order valence-electron chi connectivity index (χ2n) is 12.7. The summed E-state index contributed by atoms with van der Waals surface area (Å²) in [6.07, 6.45) is 9.22. The van der Waals surface area contributed by atoms with Gasteiger partial charge >= 0.3 is 0 Å². The third kappa shape index (κ3) is 8.21. The third-order valence-corrected chi connectivity index (χ3v) is 11.7. The Kier molecular flexibility index (Phi) is 11.4. The molecule has 41 heavy (non-hydrogen) atoms. The fraction of sp³-hybridized carbons (Fsp3) is 0.385. The Balaban J connectivity index is 0.000000191. The van der Waals surface area contributed by atoms with Crippen LogP contribution in [0.3, 0.4) is 0 Å². The average Bonchev–Trinajstić information content (AvgIpc) is 3.00. The summed E-state index contributed by atoms with van der Waals surface area (Å²) in [5.74, 6) is 0. The van der Waals surface area contributed by atoms with Gasteiger partial charge in [-0.1, -0.05) is 173 Å². The molecule has 0 saturated heterocycles. The molecule has 0 aromatic heterocycles. The number of hydrogen-bond donors (Lipinski definition) is 0. The van der Waals surface area contributed by atoms with Gasteiger partial charge in [-0.25, -0.2) is 0 Å². The monoisotopic (exact) mass is 626 g/mol. The molecule has 4 aromatic carbocycles. The zero-order chi connectivity index (χ0) is 29.3. The third-order valence-electron chi connectivity index (χ3n) is 8.66. The lowest BCUT2D eigenvalue weighted by Crippen LogP contribution is -2.34. The van der Waals surface area contributed by atoms with Gasteiger partial charge < -0.3 is 0 Å². The van der Waals surface area contributed by atoms with Crippen molar-refractivity contribution in [3.8, 4) is 0 Å². The number of fused-ring (bicyclic) bond motifs is 1. The van der Waals surface area contributed by atoms with E-state index in [1.165, 1.54) is 66.4 Å². The molecule has 4 aromatic rings. The van der Waals surface area contributed by atoms with Crippen LogP contribution < -0.4 is 15.9 Å². The van der Waals surface area contributed by atoms with Crippen molar-refractivity contribution in [3.05, 3.63) is 125 Å². The van der Waals surface area contributed by atoms with Crippen LogP contribution in [0.15, 0.2) is 103 Å². The van der Waals surface area contributed by atoms with Gasteiger partial charge in [-0.05, 0) is 82.6 Å². The summed E-state index contributed by atoms with van der Waals surface area (Å²) in [6, 6.07) is 37.4. The van der Waals surface area contributed by atoms with E-state index in [2.05, 4.69) is 154 Å². The summed E-state index contributed by atoms with van der Waals surface area (Å²) in [4.78, 5) is 0. The molecule has 5 rings (SSSR count). The van der Waals surface area contributed by atoms with Crippen molar-refractivity contribution >= 4 is 39.8 Å². The molecule has 0 amide bonds. The van der Waals surface area contributed by atoms with Gasteiger partial charge in [0, 0.05) is 5.33 Å². The molecule has 0 nitrogen and oxygen atoms in total. The van der Waals surface area contributed by atoms with Gasteiger partial charge in [-0.15, -0.1) is 0 Å². The lowest BCUT2D eigenvalue weighted by Gasteiger charge is -2.42. The maximum Gasteiger partial charge on any atom is 0.0285 e. The summed E-state index contributed by atoms with van der Waals surface area (Å²) >= 11 is 3.72. The molecule has 0 atom stereocenters. The number of halogens is 1. The summed E-state index contributed by atoms with van der Waals surface area (Å²) in [7, 11) is -0.446. The van der Waals surface area contributed by atoms with Gasteiger partial charge in [-0.2, -0.15) is 0 Å². The highest BCUT2D eigenvalue weighted by Gasteiger charge is 2.37. The molecule has 0 N–H and O–H groups in total. The number of unbranched alkanes of at least 4 members (excludes halogenated alkanes) is 3. The van der Waals surface area contributed by atoms with E-state index in [0.717, 1.165) is 5.33 Å². The largest absolute Gasteiger partial charge is 0.0876 e. The Hall–Kier alpha value is -2.21. The first-order valence-corrected chi connectivity index (χ1v) is 17.9. The second kappa shape index (κ2) is 14.8. The topological polar surface area (TPSA) is 0 Å². The van der Waals surface area contributed by atoms with E-state index in [1.807, 2.05) is 0 Å². The highest BCUT2D eigenvalue weighted by molar-refractivity contribution is 9.08. The minimum Gasteiger partial charge on any atom is -0.0876 e. The van der Waals surface area contributed by atoms with Crippen molar-refractivity contribution in [2.24, 2.45) is 0 Å². The van der Waals surface area contributed by atoms with Crippen LogP contribution in [-0.4, -0.2) is 0 Å². The van der Waals surface area contributed by atoms with Crippen molar-refractivity contribution < 1.29 is 0 Å². The van der Waals surface area contributed by atoms with Crippen molar-refractivity contribution in [2.75, 3.05) is 0 Å². The Bertz CT molecular complexity index is 1250. The second-order valence-corrected chi connectivity index (χ2v) is 15.5. The molecule has 0 heterocycles. The van der Waals surface area contributed by atoms with Crippen molar-refractivity contribution in [2.45, 2.75) is 95.7 Å². The van der Waals surface area contributed by atoms with Crippen LogP contribution in [0.25, 0.3) is 0 Å². The van der Waals surface area contributed by atoms with E-state index in [0.29, 0.717) is 10.8 Å². The molecule has 0 bridgehead atoms. The van der Waals surface area contributed by atoms with Crippen LogP contribution >= 0.6 is 23.9 Å². The summed E-state index contributed by atoms with van der Waals surface area (Å²) in [5.41, 5.74) is 6.95. The standard InChI is InChI=1S/C21H33Br.C18H15P/c1-6-7-8-9-10-16-13-18-19(14-17(16)15-22)21(4,5)12-11-20(18,2)3;1-4-10-16(11-5-1)19(17-12-6-2-7-13-17)18-14-8-3-9-15-18/h13-14H,6-12,15H2,1-5H3;1-15H. The Morgan fingerprint density at radius 1 is 0.585 bits per heavy atom. The molecule has 0 aliphatic heterocycles. The van der Waals surface area contributed by atoms with Crippen molar-refractivity contribution in [1.82, 2.24) is 0 Å². The molecule has 2 heteroatoms. The van der Waals surface area contributed by atoms with Gasteiger partial charge in [0.1, 0.15) is 0 Å². The number of hydrogen-bond acceptors (Lipinski definition) is 0. The number of aryl methyl sites for hydroxylation is 1. The lowest BCUT2D eigenvalue weighted by molar-refractivity contribution is 0.331. The zero-order valence-corrected chi connectivity index (χ0v) is 28.3. The average molecular weight is 628 g/mol. The number of rotatable bonds is 9. The molecule has 0 radical (unpaired) electrons. The molecule has 0 spiro atoms. The van der Waals surface area contributed by atoms with Crippen LogP contribution in [0, 0.1) is 0 Å². The summed E-state index contributed by atoms with van der Waals surface area (Å²) in [6.45, 7) is 12.0. The summed E-state index contributed by atoms with van der Waals surface area (Å²) < 4.78 is 0. The first-order valence-electron chi connectivity index (χ1n) is 15.4. The van der Waals surface area contributed by atoms with Gasteiger partial charge in [0.2, 0.25) is 0 Å². The molecule has 0 fully saturated rings. The summed E-state index contributed by atoms with van der Waals surface area (Å²) in [5, 5.41) is 5.18. The molecule has 216 valence electrons. The molecular weight excluding hydrogens is 579 g/mol. The molecular formula is C39H48BrP. The molecule has 0 unspecified atom stereocenters. The molecule has 1 aliphatic rings. The van der Waals surface area contributed by atoms with Crippen LogP contribution in [0.4, 0.5) is 0 Å². The zero-order valence-electron chi connectivity index (χ0n) is 25.8. The minimum atomic E-state index is -0.446. The van der Waals surface area contributed by atoms with E-state index >= 15 is 0 Å². The van der Waals surface area contributed by atoms with Crippen LogP contribution in [0.5, 0.6) is 0 Å². The van der Waals surface area contributed by atoms with E-state index < -0.39 is 7.92 Å². The Morgan fingerprint density at radius 2 is 1.00 bits per heavy atom. The Morgan fingerprint density at radius 3 is 1.39 bits per heavy atom. The lowest BCUT2D eigenvalue weighted by atomic mass is 9.62. The van der Waals surface area contributed by atoms with Crippen molar-refractivity contribution in [1.29, 1.82) is 0 Å². The van der Waals surface area contributed by atoms with Gasteiger partial charge in [-0.3, -0.25) is 0 Å². The van der Waals surface area contributed by atoms with E-state index in [9.17, 15) is 0 Å². The maximum absolute atomic E-state index is 3.72. The van der Waals surface area contributed by atoms with Crippen LogP contribution in [-0.2, 0) is 22.6 Å². The fourth-order valence-corrected chi connectivity index (χ4v) is 8.81. The van der Waals surface area contributed by atoms with Gasteiger partial charge in [0.05, 0.1) is 0 Å². The predicted molar refractivity (Wildman–Crippen MR) is 187 cm³/mol. The van der Waals surface area contributed by atoms with E-state index in [-0.39, 0.29) is 0 Å². The van der Waals surface area contributed by atoms with Crippen molar-refractivity contribution in [3.63, 3.8) is 0 Å². The first kappa shape index (κ1) is 31.7. The quantitative estimate of drug-likeness (QED) is 0.0984. The van der Waals surface area contributed by atoms with Gasteiger partial charge in [0.15, 0.2) is 0 Å². The van der Waals surface area contributed by atoms with Crippen LogP contribution in [0.1, 0.15) is 95.4 Å². The SMILES string of the molecule is CCCCCCc1cc2c(cc1CBr)C(C)(C)CCC2(C)C.c1ccc(P(c2ccccc2)c2ccccc2)cc1. The van der Waals surface area contributed by atoms with E-state index in [1.54, 1.807) is 16.7 Å². The van der Waals surface area contributed by atoms with Gasteiger partial charge in [0.25, 0.3) is 0 Å². The highest BCUT2D eigenvalue weighted by atomic mass is 79.9. The molecule has 1 aliphatic carbocycles. The smallest absolute Gasteiger partial charge is 0.0285 e.